The molecule has 2 aromatic rings. The fourth-order valence-corrected chi connectivity index (χ4v) is 2.43. The van der Waals surface area contributed by atoms with E-state index in [2.05, 4.69) is 5.32 Å². The molecular weight excluding hydrogens is 323 g/mol. The van der Waals surface area contributed by atoms with E-state index in [1.165, 1.54) is 36.1 Å². The van der Waals surface area contributed by atoms with Crippen molar-refractivity contribution in [1.82, 2.24) is 5.32 Å². The number of carbonyl (C=O) groups is 2. The van der Waals surface area contributed by atoms with Gasteiger partial charge >= 0.3 is 0 Å². The van der Waals surface area contributed by atoms with E-state index in [9.17, 15) is 14.0 Å². The first kappa shape index (κ1) is 18.4. The summed E-state index contributed by atoms with van der Waals surface area (Å²) in [4.78, 5) is 25.3. The highest BCUT2D eigenvalue weighted by Crippen LogP contribution is 2.17. The number of hydrogen-bond donors (Lipinski definition) is 1. The number of carbonyl (C=O) groups excluding carboxylic acids is 2. The van der Waals surface area contributed by atoms with Gasteiger partial charge in [-0.05, 0) is 30.3 Å². The van der Waals surface area contributed by atoms with Crippen LogP contribution in [-0.4, -0.2) is 25.5 Å². The lowest BCUT2D eigenvalue weighted by molar-refractivity contribution is -0.121. The first-order valence-electron chi connectivity index (χ1n) is 7.93. The van der Waals surface area contributed by atoms with Crippen LogP contribution in [0.3, 0.4) is 0 Å². The van der Waals surface area contributed by atoms with Crippen molar-refractivity contribution in [2.45, 2.75) is 19.9 Å². The van der Waals surface area contributed by atoms with Crippen molar-refractivity contribution >= 4 is 17.5 Å². The molecular formula is C19H21FN2O3. The van der Waals surface area contributed by atoms with Gasteiger partial charge in [-0.15, -0.1) is 0 Å². The third kappa shape index (κ3) is 5.31. The average molecular weight is 344 g/mol. The normalized spacial score (nSPS) is 10.2. The van der Waals surface area contributed by atoms with Crippen LogP contribution in [0.4, 0.5) is 10.1 Å². The van der Waals surface area contributed by atoms with Gasteiger partial charge in [0.25, 0.3) is 0 Å². The summed E-state index contributed by atoms with van der Waals surface area (Å²) in [5, 5.41) is 2.81. The summed E-state index contributed by atoms with van der Waals surface area (Å²) < 4.78 is 18.3. The summed E-state index contributed by atoms with van der Waals surface area (Å²) in [7, 11) is 1.58. The number of rotatable bonds is 7. The minimum Gasteiger partial charge on any atom is -0.496 e. The minimum absolute atomic E-state index is 0.145. The van der Waals surface area contributed by atoms with Gasteiger partial charge in [0, 0.05) is 37.7 Å². The lowest BCUT2D eigenvalue weighted by Crippen LogP contribution is -2.33. The van der Waals surface area contributed by atoms with Gasteiger partial charge in [0.05, 0.1) is 7.11 Å². The number of nitrogens with one attached hydrogen (secondary N) is 1. The number of amides is 2. The van der Waals surface area contributed by atoms with Crippen LogP contribution >= 0.6 is 0 Å². The summed E-state index contributed by atoms with van der Waals surface area (Å²) in [6.07, 6.45) is 0.145. The van der Waals surface area contributed by atoms with Crippen LogP contribution < -0.4 is 15.0 Å². The summed E-state index contributed by atoms with van der Waals surface area (Å²) in [6, 6.07) is 13.0. The maximum absolute atomic E-state index is 13.0. The molecule has 0 aliphatic heterocycles. The Kier molecular flexibility index (Phi) is 6.51. The van der Waals surface area contributed by atoms with Crippen molar-refractivity contribution in [3.05, 3.63) is 59.9 Å². The van der Waals surface area contributed by atoms with Gasteiger partial charge in [-0.1, -0.05) is 18.2 Å². The smallest absolute Gasteiger partial charge is 0.223 e. The van der Waals surface area contributed by atoms with Gasteiger partial charge in [-0.3, -0.25) is 9.59 Å². The summed E-state index contributed by atoms with van der Waals surface area (Å²) in [6.45, 7) is 1.98. The van der Waals surface area contributed by atoms with Crippen molar-refractivity contribution < 1.29 is 18.7 Å². The molecule has 2 amide bonds. The third-order valence-electron chi connectivity index (χ3n) is 3.75. The lowest BCUT2D eigenvalue weighted by Gasteiger charge is -2.21. The van der Waals surface area contributed by atoms with Crippen LogP contribution in [-0.2, 0) is 16.1 Å². The Morgan fingerprint density at radius 3 is 2.44 bits per heavy atom. The highest BCUT2D eigenvalue weighted by atomic mass is 19.1. The van der Waals surface area contributed by atoms with Crippen LogP contribution in [0.2, 0.25) is 0 Å². The molecule has 6 heteroatoms. The molecule has 0 aromatic heterocycles. The molecule has 0 saturated heterocycles. The van der Waals surface area contributed by atoms with Gasteiger partial charge in [0.1, 0.15) is 11.6 Å². The van der Waals surface area contributed by atoms with E-state index in [1.54, 1.807) is 7.11 Å². The second kappa shape index (κ2) is 8.82. The van der Waals surface area contributed by atoms with Crippen molar-refractivity contribution in [3.8, 4) is 5.75 Å². The number of anilines is 1. The van der Waals surface area contributed by atoms with Crippen molar-refractivity contribution in [2.75, 3.05) is 18.6 Å². The van der Waals surface area contributed by atoms with Crippen LogP contribution in [0.5, 0.6) is 5.75 Å². The number of benzene rings is 2. The second-order valence-corrected chi connectivity index (χ2v) is 5.49. The van der Waals surface area contributed by atoms with Crippen LogP contribution in [0.25, 0.3) is 0 Å². The maximum atomic E-state index is 13.0. The first-order valence-corrected chi connectivity index (χ1v) is 7.93. The van der Waals surface area contributed by atoms with Crippen LogP contribution in [0, 0.1) is 5.82 Å². The number of methoxy groups -OCH3 is 1. The fraction of sp³-hybridized carbons (Fsp3) is 0.263. The molecule has 5 nitrogen and oxygen atoms in total. The van der Waals surface area contributed by atoms with Crippen LogP contribution in [0.1, 0.15) is 18.9 Å². The second-order valence-electron chi connectivity index (χ2n) is 5.49. The van der Waals surface area contributed by atoms with E-state index in [-0.39, 0.29) is 30.6 Å². The molecule has 25 heavy (non-hydrogen) atoms. The minimum atomic E-state index is -0.373. The van der Waals surface area contributed by atoms with Gasteiger partial charge in [0.15, 0.2) is 0 Å². The predicted molar refractivity (Wildman–Crippen MR) is 93.9 cm³/mol. The number of nitrogens with zero attached hydrogens (tertiary/aromatic N) is 1. The molecule has 0 spiro atoms. The zero-order valence-corrected chi connectivity index (χ0v) is 14.3. The number of halogens is 1. The molecule has 0 unspecified atom stereocenters. The molecule has 0 saturated carbocycles. The molecule has 2 rings (SSSR count). The number of hydrogen-bond acceptors (Lipinski definition) is 3. The van der Waals surface area contributed by atoms with E-state index in [0.29, 0.717) is 18.0 Å². The molecule has 1 N–H and O–H groups in total. The van der Waals surface area contributed by atoms with Gasteiger partial charge < -0.3 is 15.0 Å². The van der Waals surface area contributed by atoms with Crippen LogP contribution in [0.15, 0.2) is 48.5 Å². The summed E-state index contributed by atoms with van der Waals surface area (Å²) in [5.74, 6) is -0.0512. The number of ether oxygens (including phenoxy) is 1. The van der Waals surface area contributed by atoms with E-state index in [4.69, 9.17) is 4.74 Å². The fourth-order valence-electron chi connectivity index (χ4n) is 2.43. The van der Waals surface area contributed by atoms with Crippen molar-refractivity contribution in [3.63, 3.8) is 0 Å². The Hall–Kier alpha value is -2.89. The Labute approximate surface area is 146 Å². The van der Waals surface area contributed by atoms with E-state index >= 15 is 0 Å². The molecule has 0 radical (unpaired) electrons. The van der Waals surface area contributed by atoms with E-state index < -0.39 is 0 Å². The molecule has 0 bridgehead atoms. The topological polar surface area (TPSA) is 58.6 Å². The molecule has 132 valence electrons. The Morgan fingerprint density at radius 1 is 1.12 bits per heavy atom. The lowest BCUT2D eigenvalue weighted by atomic mass is 10.2. The predicted octanol–water partition coefficient (Wildman–Crippen LogP) is 2.89. The molecule has 0 aliphatic carbocycles. The van der Waals surface area contributed by atoms with E-state index in [0.717, 1.165) is 5.56 Å². The Morgan fingerprint density at radius 2 is 1.80 bits per heavy atom. The van der Waals surface area contributed by atoms with E-state index in [1.807, 2.05) is 24.3 Å². The van der Waals surface area contributed by atoms with Gasteiger partial charge in [-0.2, -0.15) is 0 Å². The van der Waals surface area contributed by atoms with Gasteiger partial charge in [-0.25, -0.2) is 4.39 Å². The van der Waals surface area contributed by atoms with Gasteiger partial charge in [0.2, 0.25) is 11.8 Å². The Bertz CT molecular complexity index is 732. The quantitative estimate of drug-likeness (QED) is 0.840. The largest absolute Gasteiger partial charge is 0.496 e. The zero-order chi connectivity index (χ0) is 18.2. The first-order chi connectivity index (χ1) is 12.0. The highest BCUT2D eigenvalue weighted by Gasteiger charge is 2.14. The molecule has 0 heterocycles. The number of para-hydroxylation sites is 1. The maximum Gasteiger partial charge on any atom is 0.223 e. The summed E-state index contributed by atoms with van der Waals surface area (Å²) in [5.41, 5.74) is 1.44. The highest BCUT2D eigenvalue weighted by molar-refractivity contribution is 5.92. The SMILES string of the molecule is COc1ccccc1CNC(=O)CCN(C(C)=O)c1ccc(F)cc1. The molecule has 0 fully saturated rings. The zero-order valence-electron chi connectivity index (χ0n) is 14.3. The average Bonchev–Trinajstić information content (AvgIpc) is 2.61. The standard InChI is InChI=1S/C19H21FN2O3/c1-14(23)22(17-9-7-16(20)8-10-17)12-11-19(24)21-13-15-5-3-4-6-18(15)25-2/h3-10H,11-13H2,1-2H3,(H,21,24). The Balaban J connectivity index is 1.91. The molecule has 0 atom stereocenters. The summed E-state index contributed by atoms with van der Waals surface area (Å²) >= 11 is 0. The van der Waals surface area contributed by atoms with Crippen molar-refractivity contribution in [1.29, 1.82) is 0 Å². The third-order valence-corrected chi connectivity index (χ3v) is 3.75. The van der Waals surface area contributed by atoms with Crippen molar-refractivity contribution in [2.24, 2.45) is 0 Å². The molecule has 2 aromatic carbocycles. The molecule has 0 aliphatic rings. The monoisotopic (exact) mass is 344 g/mol.